The van der Waals surface area contributed by atoms with Crippen LogP contribution in [0.2, 0.25) is 0 Å². The number of carbonyl (C=O) groups excluding carboxylic acids is 3. The maximum Gasteiger partial charge on any atom is 0.326 e. The van der Waals surface area contributed by atoms with Crippen molar-refractivity contribution in [3.05, 3.63) is 35.9 Å². The van der Waals surface area contributed by atoms with Crippen LogP contribution in [0, 0.1) is 5.92 Å². The fourth-order valence-corrected chi connectivity index (χ4v) is 3.22. The van der Waals surface area contributed by atoms with Gasteiger partial charge >= 0.3 is 11.9 Å². The summed E-state index contributed by atoms with van der Waals surface area (Å²) < 4.78 is 0. The second-order valence-electron chi connectivity index (χ2n) is 8.56. The Hall–Kier alpha value is -3.51. The van der Waals surface area contributed by atoms with E-state index in [2.05, 4.69) is 16.0 Å². The Bertz CT molecular complexity index is 878. The molecule has 0 bridgehead atoms. The van der Waals surface area contributed by atoms with E-state index in [4.69, 9.17) is 10.8 Å². The van der Waals surface area contributed by atoms with Gasteiger partial charge in [0.05, 0.1) is 12.6 Å². The number of rotatable bonds is 15. The van der Waals surface area contributed by atoms with Crippen molar-refractivity contribution in [1.82, 2.24) is 16.0 Å². The van der Waals surface area contributed by atoms with Crippen LogP contribution in [0.15, 0.2) is 30.3 Å². The lowest BCUT2D eigenvalue weighted by atomic mass is 10.0. The number of carboxylic acid groups (broad SMARTS) is 2. The van der Waals surface area contributed by atoms with E-state index in [0.29, 0.717) is 12.0 Å². The van der Waals surface area contributed by atoms with Gasteiger partial charge in [-0.05, 0) is 24.3 Å². The van der Waals surface area contributed by atoms with Gasteiger partial charge in [0.25, 0.3) is 0 Å². The lowest BCUT2D eigenvalue weighted by Gasteiger charge is -2.24. The van der Waals surface area contributed by atoms with Crippen LogP contribution in [-0.2, 0) is 30.4 Å². The zero-order valence-corrected chi connectivity index (χ0v) is 19.8. The van der Waals surface area contributed by atoms with Crippen LogP contribution in [0.5, 0.6) is 0 Å². The Morgan fingerprint density at radius 2 is 1.40 bits per heavy atom. The molecule has 194 valence electrons. The first-order chi connectivity index (χ1) is 16.4. The van der Waals surface area contributed by atoms with Crippen molar-refractivity contribution in [1.29, 1.82) is 0 Å². The molecule has 0 radical (unpaired) electrons. The Morgan fingerprint density at radius 1 is 0.857 bits per heavy atom. The van der Waals surface area contributed by atoms with Gasteiger partial charge in [-0.3, -0.25) is 19.2 Å². The highest BCUT2D eigenvalue weighted by Gasteiger charge is 2.30. The predicted octanol–water partition coefficient (Wildman–Crippen LogP) is -1.00. The highest BCUT2D eigenvalue weighted by Crippen LogP contribution is 2.06. The number of amides is 3. The molecule has 8 N–H and O–H groups in total. The summed E-state index contributed by atoms with van der Waals surface area (Å²) in [6.45, 7) is 2.85. The van der Waals surface area contributed by atoms with Gasteiger partial charge in [0, 0.05) is 12.8 Å². The fraction of sp³-hybridized carbons (Fsp3) is 0.522. The second-order valence-corrected chi connectivity index (χ2v) is 8.56. The third kappa shape index (κ3) is 11.0. The molecule has 1 aromatic rings. The van der Waals surface area contributed by atoms with Crippen molar-refractivity contribution in [2.45, 2.75) is 63.7 Å². The standard InChI is InChI=1S/C23H34N4O8/c1-13(2)10-15(24)20(31)25-16(8-9-19(29)30)21(32)27-18(12-28)22(33)26-17(23(34)35)11-14-6-4-3-5-7-14/h3-7,13,15-18,28H,8-12,24H2,1-2H3,(H,25,31)(H,26,33)(H,27,32)(H,29,30)(H,34,35). The van der Waals surface area contributed by atoms with Crippen LogP contribution < -0.4 is 21.7 Å². The number of nitrogens with two attached hydrogens (primary N) is 1. The quantitative estimate of drug-likeness (QED) is 0.159. The molecule has 0 saturated carbocycles. The van der Waals surface area contributed by atoms with Gasteiger partial charge in [0.15, 0.2) is 0 Å². The molecule has 1 aromatic carbocycles. The summed E-state index contributed by atoms with van der Waals surface area (Å²) in [6, 6.07) is 3.43. The number of nitrogens with one attached hydrogen (secondary N) is 3. The van der Waals surface area contributed by atoms with Gasteiger partial charge in [-0.1, -0.05) is 44.2 Å². The highest BCUT2D eigenvalue weighted by molar-refractivity contribution is 5.94. The van der Waals surface area contributed by atoms with E-state index in [9.17, 15) is 34.2 Å². The summed E-state index contributed by atoms with van der Waals surface area (Å²) in [5, 5.41) is 35.0. The minimum absolute atomic E-state index is 0.0287. The second kappa shape index (κ2) is 14.7. The summed E-state index contributed by atoms with van der Waals surface area (Å²) in [5.41, 5.74) is 6.48. The minimum atomic E-state index is -1.53. The monoisotopic (exact) mass is 494 g/mol. The number of aliphatic hydroxyl groups excluding tert-OH is 1. The molecule has 0 fully saturated rings. The summed E-state index contributed by atoms with van der Waals surface area (Å²) >= 11 is 0. The smallest absolute Gasteiger partial charge is 0.326 e. The average Bonchev–Trinajstić information content (AvgIpc) is 2.79. The first kappa shape index (κ1) is 29.5. The third-order valence-electron chi connectivity index (χ3n) is 5.05. The van der Waals surface area contributed by atoms with E-state index in [1.54, 1.807) is 30.3 Å². The van der Waals surface area contributed by atoms with Crippen molar-refractivity contribution >= 4 is 29.7 Å². The number of carboxylic acids is 2. The van der Waals surface area contributed by atoms with Gasteiger partial charge in [-0.2, -0.15) is 0 Å². The van der Waals surface area contributed by atoms with Gasteiger partial charge in [0.2, 0.25) is 17.7 Å². The molecule has 0 aliphatic carbocycles. The average molecular weight is 495 g/mol. The van der Waals surface area contributed by atoms with Crippen molar-refractivity contribution in [2.24, 2.45) is 11.7 Å². The van der Waals surface area contributed by atoms with Crippen LogP contribution in [-0.4, -0.2) is 75.8 Å². The zero-order valence-electron chi connectivity index (χ0n) is 19.8. The minimum Gasteiger partial charge on any atom is -0.481 e. The Morgan fingerprint density at radius 3 is 1.91 bits per heavy atom. The Labute approximate surface area is 203 Å². The molecular formula is C23H34N4O8. The van der Waals surface area contributed by atoms with Crippen molar-refractivity contribution < 1.29 is 39.3 Å². The number of aliphatic carboxylic acids is 2. The highest BCUT2D eigenvalue weighted by atomic mass is 16.4. The molecule has 4 unspecified atom stereocenters. The topological polar surface area (TPSA) is 208 Å². The number of aliphatic hydroxyl groups is 1. The van der Waals surface area contributed by atoms with Crippen LogP contribution >= 0.6 is 0 Å². The molecule has 12 heteroatoms. The SMILES string of the molecule is CC(C)CC(N)C(=O)NC(CCC(=O)O)C(=O)NC(CO)C(=O)NC(Cc1ccccc1)C(=O)O. The molecule has 1 rings (SSSR count). The lowest BCUT2D eigenvalue weighted by molar-refractivity contribution is -0.142. The summed E-state index contributed by atoms with van der Waals surface area (Å²) in [4.78, 5) is 60.3. The molecular weight excluding hydrogens is 460 g/mol. The maximum absolute atomic E-state index is 12.8. The molecule has 0 spiro atoms. The van der Waals surface area contributed by atoms with Crippen LogP contribution in [0.4, 0.5) is 0 Å². The molecule has 0 saturated heterocycles. The number of benzene rings is 1. The van der Waals surface area contributed by atoms with E-state index in [0.717, 1.165) is 0 Å². The number of carbonyl (C=O) groups is 5. The third-order valence-corrected chi connectivity index (χ3v) is 5.05. The number of hydrogen-bond donors (Lipinski definition) is 7. The molecule has 0 aliphatic rings. The number of hydrogen-bond acceptors (Lipinski definition) is 7. The molecule has 0 aliphatic heterocycles. The molecule has 0 heterocycles. The van der Waals surface area contributed by atoms with E-state index < -0.39 is 66.9 Å². The summed E-state index contributed by atoms with van der Waals surface area (Å²) in [6.07, 6.45) is -0.434. The lowest BCUT2D eigenvalue weighted by Crippen LogP contribution is -2.58. The summed E-state index contributed by atoms with van der Waals surface area (Å²) in [5.74, 6) is -4.95. The zero-order chi connectivity index (χ0) is 26.5. The molecule has 4 atom stereocenters. The van der Waals surface area contributed by atoms with Crippen LogP contribution in [0.25, 0.3) is 0 Å². The van der Waals surface area contributed by atoms with E-state index >= 15 is 0 Å². The van der Waals surface area contributed by atoms with Crippen LogP contribution in [0.3, 0.4) is 0 Å². The van der Waals surface area contributed by atoms with Crippen molar-refractivity contribution in [2.75, 3.05) is 6.61 Å². The molecule has 0 aromatic heterocycles. The first-order valence-electron chi connectivity index (χ1n) is 11.2. The Kier molecular flexibility index (Phi) is 12.4. The fourth-order valence-electron chi connectivity index (χ4n) is 3.22. The Balaban J connectivity index is 2.89. The van der Waals surface area contributed by atoms with E-state index in [1.807, 2.05) is 13.8 Å². The van der Waals surface area contributed by atoms with E-state index in [-0.39, 0.29) is 18.8 Å². The molecule has 3 amide bonds. The largest absolute Gasteiger partial charge is 0.481 e. The van der Waals surface area contributed by atoms with Gasteiger partial charge in [-0.25, -0.2) is 4.79 Å². The molecule has 12 nitrogen and oxygen atoms in total. The summed E-state index contributed by atoms with van der Waals surface area (Å²) in [7, 11) is 0. The first-order valence-corrected chi connectivity index (χ1v) is 11.2. The van der Waals surface area contributed by atoms with E-state index in [1.165, 1.54) is 0 Å². The van der Waals surface area contributed by atoms with Gasteiger partial charge in [-0.15, -0.1) is 0 Å². The normalized spacial score (nSPS) is 14.3. The van der Waals surface area contributed by atoms with Crippen molar-refractivity contribution in [3.63, 3.8) is 0 Å². The van der Waals surface area contributed by atoms with Crippen molar-refractivity contribution in [3.8, 4) is 0 Å². The van der Waals surface area contributed by atoms with Crippen LogP contribution in [0.1, 0.15) is 38.7 Å². The van der Waals surface area contributed by atoms with Gasteiger partial charge < -0.3 is 37.0 Å². The predicted molar refractivity (Wildman–Crippen MR) is 125 cm³/mol. The molecule has 35 heavy (non-hydrogen) atoms. The maximum atomic E-state index is 12.8. The van der Waals surface area contributed by atoms with Gasteiger partial charge in [0.1, 0.15) is 18.1 Å².